The molecule has 5 rings (SSSR count). The molecule has 3 heterocycles. The van der Waals surface area contributed by atoms with E-state index in [0.29, 0.717) is 17.6 Å². The van der Waals surface area contributed by atoms with Crippen LogP contribution in [0.1, 0.15) is 66.8 Å². The number of pyridine rings is 1. The van der Waals surface area contributed by atoms with Crippen LogP contribution in [0, 0.1) is 20.8 Å². The minimum absolute atomic E-state index is 0.117. The van der Waals surface area contributed by atoms with E-state index in [9.17, 15) is 9.90 Å². The SMILES string of the molecule is CCN(c1cc(OC2CC(N3CCN(C)CC3)C2)cc(C(O)NCc2c(C)cc(C)[nH]c2=O)c1C)C1CCOCC1. The molecule has 0 spiro atoms. The van der Waals surface area contributed by atoms with Gasteiger partial charge in [-0.1, -0.05) is 0 Å². The number of hydrogen-bond donors (Lipinski definition) is 3. The minimum Gasteiger partial charge on any atom is -0.490 e. The Morgan fingerprint density at radius 1 is 1.12 bits per heavy atom. The summed E-state index contributed by atoms with van der Waals surface area (Å²) in [5, 5.41) is 14.6. The van der Waals surface area contributed by atoms with E-state index < -0.39 is 6.23 Å². The highest BCUT2D eigenvalue weighted by molar-refractivity contribution is 5.61. The van der Waals surface area contributed by atoms with Crippen LogP contribution in [0.5, 0.6) is 5.75 Å². The monoisotopic (exact) mass is 567 g/mol. The Balaban J connectivity index is 1.35. The van der Waals surface area contributed by atoms with Crippen molar-refractivity contribution in [2.45, 2.75) is 84.3 Å². The lowest BCUT2D eigenvalue weighted by Gasteiger charge is -2.45. The second-order valence-corrected chi connectivity index (χ2v) is 12.2. The maximum absolute atomic E-state index is 12.6. The largest absolute Gasteiger partial charge is 0.490 e. The van der Waals surface area contributed by atoms with Crippen LogP contribution in [0.25, 0.3) is 0 Å². The average molecular weight is 568 g/mol. The first kappa shape index (κ1) is 30.0. The van der Waals surface area contributed by atoms with Gasteiger partial charge in [-0.15, -0.1) is 0 Å². The Kier molecular flexibility index (Phi) is 9.71. The summed E-state index contributed by atoms with van der Waals surface area (Å²) in [5.41, 5.74) is 5.20. The number of rotatable bonds is 10. The van der Waals surface area contributed by atoms with Crippen molar-refractivity contribution >= 4 is 5.69 Å². The first-order valence-corrected chi connectivity index (χ1v) is 15.4. The highest BCUT2D eigenvalue weighted by atomic mass is 16.5. The molecule has 1 aromatic heterocycles. The molecule has 2 saturated heterocycles. The molecular weight excluding hydrogens is 518 g/mol. The van der Waals surface area contributed by atoms with Crippen molar-refractivity contribution in [1.29, 1.82) is 0 Å². The molecule has 3 N–H and O–H groups in total. The highest BCUT2D eigenvalue weighted by Gasteiger charge is 2.36. The highest BCUT2D eigenvalue weighted by Crippen LogP contribution is 2.37. The molecule has 9 nitrogen and oxygen atoms in total. The Morgan fingerprint density at radius 2 is 1.83 bits per heavy atom. The van der Waals surface area contributed by atoms with Crippen LogP contribution >= 0.6 is 0 Å². The Labute approximate surface area is 244 Å². The van der Waals surface area contributed by atoms with Crippen molar-refractivity contribution in [3.8, 4) is 5.75 Å². The summed E-state index contributed by atoms with van der Waals surface area (Å²) in [6, 6.07) is 7.10. The van der Waals surface area contributed by atoms with Crippen molar-refractivity contribution in [2.24, 2.45) is 0 Å². The Hall–Kier alpha value is -2.43. The zero-order valence-electron chi connectivity index (χ0n) is 25.5. The van der Waals surface area contributed by atoms with Gasteiger partial charge in [-0.2, -0.15) is 0 Å². The first-order chi connectivity index (χ1) is 19.7. The number of likely N-dealkylation sites (N-methyl/N-ethyl adjacent to an activating group) is 1. The van der Waals surface area contributed by atoms with E-state index in [1.165, 1.54) is 0 Å². The van der Waals surface area contributed by atoms with E-state index in [1.54, 1.807) is 0 Å². The van der Waals surface area contributed by atoms with Crippen molar-refractivity contribution < 1.29 is 14.6 Å². The molecule has 2 aromatic rings. The van der Waals surface area contributed by atoms with E-state index in [1.807, 2.05) is 26.0 Å². The van der Waals surface area contributed by atoms with E-state index >= 15 is 0 Å². The molecule has 3 aliphatic rings. The molecule has 1 unspecified atom stereocenters. The van der Waals surface area contributed by atoms with Gasteiger partial charge < -0.3 is 29.4 Å². The molecule has 0 radical (unpaired) electrons. The molecular formula is C32H49N5O4. The van der Waals surface area contributed by atoms with Gasteiger partial charge in [-0.3, -0.25) is 15.0 Å². The maximum Gasteiger partial charge on any atom is 0.252 e. The smallest absolute Gasteiger partial charge is 0.252 e. The summed E-state index contributed by atoms with van der Waals surface area (Å²) >= 11 is 0. The maximum atomic E-state index is 12.6. The second kappa shape index (κ2) is 13.3. The number of hydrogen-bond acceptors (Lipinski definition) is 8. The van der Waals surface area contributed by atoms with E-state index in [-0.39, 0.29) is 18.2 Å². The van der Waals surface area contributed by atoms with E-state index in [2.05, 4.69) is 52.0 Å². The first-order valence-electron chi connectivity index (χ1n) is 15.4. The van der Waals surface area contributed by atoms with Crippen molar-refractivity contribution in [3.05, 3.63) is 56.5 Å². The van der Waals surface area contributed by atoms with Gasteiger partial charge in [0.15, 0.2) is 0 Å². The number of benzene rings is 1. The summed E-state index contributed by atoms with van der Waals surface area (Å²) in [4.78, 5) is 22.9. The molecule has 1 saturated carbocycles. The molecule has 2 aliphatic heterocycles. The quantitative estimate of drug-likeness (QED) is 0.377. The van der Waals surface area contributed by atoms with Crippen LogP contribution in [0.15, 0.2) is 23.0 Å². The lowest BCUT2D eigenvalue weighted by molar-refractivity contribution is -0.00207. The number of H-pyrrole nitrogens is 1. The summed E-state index contributed by atoms with van der Waals surface area (Å²) < 4.78 is 12.2. The standard InChI is InChI=1S/C32H49N5O4/c1-6-37(24-7-13-40-14-8-24)30-19-27(41-26-16-25(17-26)36-11-9-35(5)10-12-36)18-28(23(30)4)31(38)33-20-29-21(2)15-22(3)34-32(29)39/h15,18-19,24-26,31,33,38H,6-14,16-17,20H2,1-5H3,(H,34,39). The number of aromatic nitrogens is 1. The lowest BCUT2D eigenvalue weighted by Crippen LogP contribution is -2.55. The predicted octanol–water partition coefficient (Wildman–Crippen LogP) is 3.24. The number of nitrogens with zero attached hydrogens (tertiary/aromatic N) is 3. The molecule has 1 aliphatic carbocycles. The number of anilines is 1. The molecule has 9 heteroatoms. The molecule has 1 atom stereocenters. The predicted molar refractivity (Wildman–Crippen MR) is 163 cm³/mol. The zero-order valence-corrected chi connectivity index (χ0v) is 25.5. The third-order valence-corrected chi connectivity index (χ3v) is 9.36. The average Bonchev–Trinajstić information content (AvgIpc) is 2.93. The topological polar surface area (TPSA) is 93.3 Å². The van der Waals surface area contributed by atoms with Gasteiger partial charge in [0.25, 0.3) is 5.56 Å². The van der Waals surface area contributed by atoms with Crippen LogP contribution in [-0.4, -0.2) is 91.1 Å². The Bertz CT molecular complexity index is 1230. The zero-order chi connectivity index (χ0) is 29.1. The van der Waals surface area contributed by atoms with Gasteiger partial charge in [0.1, 0.15) is 18.1 Å². The fourth-order valence-corrected chi connectivity index (χ4v) is 6.69. The molecule has 3 fully saturated rings. The van der Waals surface area contributed by atoms with Crippen LogP contribution in [0.3, 0.4) is 0 Å². The number of ether oxygens (including phenoxy) is 2. The molecule has 0 amide bonds. The summed E-state index contributed by atoms with van der Waals surface area (Å²) in [5.74, 6) is 0.804. The minimum atomic E-state index is -0.940. The van der Waals surface area contributed by atoms with E-state index in [0.717, 1.165) is 105 Å². The third kappa shape index (κ3) is 6.97. The van der Waals surface area contributed by atoms with Crippen molar-refractivity contribution in [3.63, 3.8) is 0 Å². The number of piperazine rings is 1. The van der Waals surface area contributed by atoms with E-state index in [4.69, 9.17) is 9.47 Å². The second-order valence-electron chi connectivity index (χ2n) is 12.2. The van der Waals surface area contributed by atoms with Gasteiger partial charge >= 0.3 is 0 Å². The van der Waals surface area contributed by atoms with Crippen molar-refractivity contribution in [1.82, 2.24) is 20.1 Å². The lowest BCUT2D eigenvalue weighted by atomic mass is 9.87. The molecule has 1 aromatic carbocycles. The summed E-state index contributed by atoms with van der Waals surface area (Å²) in [7, 11) is 2.19. The van der Waals surface area contributed by atoms with Gasteiger partial charge in [-0.05, 0) is 70.8 Å². The van der Waals surface area contributed by atoms with Crippen LogP contribution in [0.4, 0.5) is 5.69 Å². The number of aryl methyl sites for hydroxylation is 2. The normalized spacial score (nSPS) is 23.3. The molecule has 226 valence electrons. The van der Waals surface area contributed by atoms with Crippen LogP contribution in [-0.2, 0) is 11.3 Å². The van der Waals surface area contributed by atoms with Gasteiger partial charge in [0.05, 0.1) is 0 Å². The van der Waals surface area contributed by atoms with Gasteiger partial charge in [0, 0.05) is 106 Å². The fraction of sp³-hybridized carbons (Fsp3) is 0.656. The molecule has 41 heavy (non-hydrogen) atoms. The van der Waals surface area contributed by atoms with Crippen LogP contribution < -0.4 is 20.5 Å². The third-order valence-electron chi connectivity index (χ3n) is 9.36. The summed E-state index contributed by atoms with van der Waals surface area (Å²) in [6.07, 6.45) is 3.29. The Morgan fingerprint density at radius 3 is 2.49 bits per heavy atom. The van der Waals surface area contributed by atoms with Gasteiger partial charge in [0.2, 0.25) is 0 Å². The fourth-order valence-electron chi connectivity index (χ4n) is 6.69. The van der Waals surface area contributed by atoms with Crippen LogP contribution in [0.2, 0.25) is 0 Å². The van der Waals surface area contributed by atoms with Crippen molar-refractivity contribution in [2.75, 3.05) is 57.9 Å². The number of aliphatic hydroxyl groups is 1. The molecule has 0 bridgehead atoms. The number of aromatic amines is 1. The number of nitrogens with one attached hydrogen (secondary N) is 2. The summed E-state index contributed by atoms with van der Waals surface area (Å²) in [6.45, 7) is 15.3. The van der Waals surface area contributed by atoms with Gasteiger partial charge in [-0.25, -0.2) is 0 Å². The number of aliphatic hydroxyl groups excluding tert-OH is 1.